The third kappa shape index (κ3) is 5.10. The Morgan fingerprint density at radius 3 is 1.29 bits per heavy atom. The van der Waals surface area contributed by atoms with Crippen LogP contribution in [0.5, 0.6) is 0 Å². The summed E-state index contributed by atoms with van der Waals surface area (Å²) in [6, 6.07) is 2.11. The first-order chi connectivity index (χ1) is 9.15. The fourth-order valence-corrected chi connectivity index (χ4v) is 2.62. The monoisotopic (exact) mass is 471 g/mol. The van der Waals surface area contributed by atoms with E-state index in [-0.39, 0.29) is 16.7 Å². The minimum absolute atomic E-state index is 0.0549. The number of benzene rings is 1. The molecule has 0 aliphatic heterocycles. The van der Waals surface area contributed by atoms with Gasteiger partial charge in [-0.3, -0.25) is 10.1 Å². The molecule has 0 unspecified atom stereocenters. The van der Waals surface area contributed by atoms with E-state index >= 15 is 0 Å². The number of halogens is 9. The van der Waals surface area contributed by atoms with Crippen molar-refractivity contribution in [2.24, 2.45) is 0 Å². The maximum Gasteiger partial charge on any atom is 0.284 e. The van der Waals surface area contributed by atoms with Crippen molar-refractivity contribution >= 4 is 110 Å². The second-order valence-corrected chi connectivity index (χ2v) is 10.5. The topological polar surface area (TPSA) is 43.1 Å². The Morgan fingerprint density at radius 2 is 1.10 bits per heavy atom. The van der Waals surface area contributed by atoms with Crippen LogP contribution in [0.2, 0.25) is 0 Å². The quantitative estimate of drug-likeness (QED) is 0.248. The Kier molecular flexibility index (Phi) is 6.39. The highest BCUT2D eigenvalue weighted by Gasteiger charge is 2.42. The second-order valence-electron chi connectivity index (χ2n) is 3.67. The molecule has 0 aromatic heterocycles. The van der Waals surface area contributed by atoms with Crippen LogP contribution in [0.4, 0.5) is 5.69 Å². The zero-order valence-electron chi connectivity index (χ0n) is 9.32. The van der Waals surface area contributed by atoms with Crippen molar-refractivity contribution in [2.45, 2.75) is 11.4 Å². The minimum Gasteiger partial charge on any atom is -0.258 e. The Bertz CT molecular complexity index is 535. The molecule has 1 rings (SSSR count). The molecule has 0 fully saturated rings. The van der Waals surface area contributed by atoms with Crippen LogP contribution in [-0.4, -0.2) is 4.92 Å². The van der Waals surface area contributed by atoms with Crippen LogP contribution in [0.15, 0.2) is 12.1 Å². The van der Waals surface area contributed by atoms with Gasteiger partial charge in [0.05, 0.1) is 16.1 Å². The molecule has 0 heterocycles. The molecule has 0 aliphatic rings. The van der Waals surface area contributed by atoms with Crippen LogP contribution in [0.25, 0.3) is 0 Å². The van der Waals surface area contributed by atoms with E-state index in [1.807, 2.05) is 0 Å². The zero-order valence-corrected chi connectivity index (χ0v) is 16.1. The van der Waals surface area contributed by atoms with E-state index in [2.05, 4.69) is 0 Å². The Balaban J connectivity index is 3.89. The summed E-state index contributed by atoms with van der Waals surface area (Å²) in [6.07, 6.45) is 0. The van der Waals surface area contributed by atoms with Crippen molar-refractivity contribution in [2.75, 3.05) is 0 Å². The van der Waals surface area contributed by atoms with Crippen LogP contribution in [0.3, 0.4) is 0 Å². The highest BCUT2D eigenvalue weighted by Crippen LogP contribution is 2.52. The van der Waals surface area contributed by atoms with Crippen LogP contribution in [0, 0.1) is 10.1 Å². The summed E-state index contributed by atoms with van der Waals surface area (Å²) >= 11 is 51.5. The predicted octanol–water partition coefficient (Wildman–Crippen LogP) is 7.07. The Hall–Kier alpha value is 1.23. The van der Waals surface area contributed by atoms with Gasteiger partial charge in [0.2, 0.25) is 11.4 Å². The molecule has 21 heavy (non-hydrogen) atoms. The van der Waals surface area contributed by atoms with E-state index in [9.17, 15) is 10.1 Å². The molecule has 1 aromatic rings. The molecule has 0 amide bonds. The first-order valence-corrected chi connectivity index (χ1v) is 8.10. The summed E-state index contributed by atoms with van der Waals surface area (Å²) in [5.41, 5.74) is -1.51. The number of hydrogen-bond acceptors (Lipinski definition) is 2. The Morgan fingerprint density at radius 1 is 0.762 bits per heavy atom. The van der Waals surface area contributed by atoms with E-state index < -0.39 is 22.0 Å². The molecular formula is C9H2Cl9NO2. The fourth-order valence-electron chi connectivity index (χ4n) is 1.43. The molecule has 0 radical (unpaired) electrons. The number of alkyl halides is 9. The van der Waals surface area contributed by atoms with Gasteiger partial charge in [-0.1, -0.05) is 104 Å². The average molecular weight is 475 g/mol. The molecule has 0 atom stereocenters. The van der Waals surface area contributed by atoms with E-state index in [4.69, 9.17) is 104 Å². The van der Waals surface area contributed by atoms with Gasteiger partial charge in [0, 0.05) is 5.56 Å². The van der Waals surface area contributed by atoms with Crippen molar-refractivity contribution in [3.63, 3.8) is 0 Å². The lowest BCUT2D eigenvalue weighted by molar-refractivity contribution is -0.386. The number of nitrogens with zero attached hydrogens (tertiary/aromatic N) is 1. The van der Waals surface area contributed by atoms with Gasteiger partial charge < -0.3 is 0 Å². The molecule has 0 bridgehead atoms. The molecule has 1 aromatic carbocycles. The van der Waals surface area contributed by atoms with Gasteiger partial charge in [-0.15, -0.1) is 0 Å². The van der Waals surface area contributed by atoms with Gasteiger partial charge >= 0.3 is 0 Å². The lowest BCUT2D eigenvalue weighted by Crippen LogP contribution is -2.15. The number of hydrogen-bond donors (Lipinski definition) is 0. The summed E-state index contributed by atoms with van der Waals surface area (Å²) in [7, 11) is 0. The van der Waals surface area contributed by atoms with Crippen molar-refractivity contribution in [3.05, 3.63) is 38.9 Å². The molecular weight excluding hydrogens is 473 g/mol. The summed E-state index contributed by atoms with van der Waals surface area (Å²) in [4.78, 5) is 10.4. The van der Waals surface area contributed by atoms with E-state index in [0.29, 0.717) is 0 Å². The first kappa shape index (κ1) is 20.3. The summed E-state index contributed by atoms with van der Waals surface area (Å²) in [6.45, 7) is 0. The number of nitro groups is 1. The van der Waals surface area contributed by atoms with Crippen molar-refractivity contribution < 1.29 is 4.92 Å². The van der Waals surface area contributed by atoms with Gasteiger partial charge in [-0.2, -0.15) is 0 Å². The van der Waals surface area contributed by atoms with E-state index in [1.54, 1.807) is 0 Å². The lowest BCUT2D eigenvalue weighted by atomic mass is 10.0. The van der Waals surface area contributed by atoms with Crippen molar-refractivity contribution in [3.8, 4) is 0 Å². The Labute approximate surface area is 164 Å². The van der Waals surface area contributed by atoms with Gasteiger partial charge in [-0.05, 0) is 12.1 Å². The third-order valence-corrected chi connectivity index (χ3v) is 4.11. The summed E-state index contributed by atoms with van der Waals surface area (Å²) < 4.78 is -6.36. The van der Waals surface area contributed by atoms with Crippen LogP contribution >= 0.6 is 104 Å². The van der Waals surface area contributed by atoms with E-state index in [1.165, 1.54) is 0 Å². The maximum atomic E-state index is 11.3. The highest BCUT2D eigenvalue weighted by atomic mass is 35.6. The molecule has 0 N–H and O–H groups in total. The lowest BCUT2D eigenvalue weighted by Gasteiger charge is -2.21. The second kappa shape index (κ2) is 6.62. The number of nitro benzene ring substituents is 1. The summed E-state index contributed by atoms with van der Waals surface area (Å²) in [5.74, 6) is 0. The maximum absolute atomic E-state index is 11.3. The molecule has 118 valence electrons. The van der Waals surface area contributed by atoms with Gasteiger partial charge in [0.1, 0.15) is 0 Å². The largest absolute Gasteiger partial charge is 0.284 e. The zero-order chi connectivity index (χ0) is 16.8. The van der Waals surface area contributed by atoms with Crippen molar-refractivity contribution in [1.29, 1.82) is 0 Å². The average Bonchev–Trinajstić information content (AvgIpc) is 2.23. The standard InChI is InChI=1S/C9H2Cl9NO2/c10-7(11,12)3-1-4(8(13,14)15)6(19(20)21)5(2-3)9(16,17)18/h1-2H. The molecule has 0 spiro atoms. The van der Waals surface area contributed by atoms with E-state index in [0.717, 1.165) is 12.1 Å². The molecule has 0 saturated heterocycles. The minimum atomic E-state index is -2.20. The smallest absolute Gasteiger partial charge is 0.258 e. The van der Waals surface area contributed by atoms with Gasteiger partial charge in [-0.25, -0.2) is 0 Å². The van der Waals surface area contributed by atoms with Gasteiger partial charge in [0.15, 0.2) is 0 Å². The predicted molar refractivity (Wildman–Crippen MR) is 90.8 cm³/mol. The number of rotatable bonds is 1. The third-order valence-electron chi connectivity index (χ3n) is 2.23. The summed E-state index contributed by atoms with van der Waals surface area (Å²) in [5, 5.41) is 11.3. The molecule has 0 aliphatic carbocycles. The normalized spacial score (nSPS) is 13.4. The van der Waals surface area contributed by atoms with Gasteiger partial charge in [0.25, 0.3) is 5.69 Å². The fraction of sp³-hybridized carbons (Fsp3) is 0.333. The molecule has 3 nitrogen and oxygen atoms in total. The van der Waals surface area contributed by atoms with Crippen LogP contribution < -0.4 is 0 Å². The van der Waals surface area contributed by atoms with Crippen LogP contribution in [-0.2, 0) is 11.4 Å². The highest BCUT2D eigenvalue weighted by molar-refractivity contribution is 6.69. The SMILES string of the molecule is O=[N+]([O-])c1c(C(Cl)(Cl)Cl)cc(C(Cl)(Cl)Cl)cc1C(Cl)(Cl)Cl. The molecule has 12 heteroatoms. The first-order valence-electron chi connectivity index (χ1n) is 4.69. The molecule has 0 saturated carbocycles. The van der Waals surface area contributed by atoms with Crippen LogP contribution in [0.1, 0.15) is 16.7 Å². The van der Waals surface area contributed by atoms with Crippen molar-refractivity contribution in [1.82, 2.24) is 0 Å².